The molecular weight excluding hydrogens is 369 g/mol. The summed E-state index contributed by atoms with van der Waals surface area (Å²) in [5.41, 5.74) is 2.07. The van der Waals surface area contributed by atoms with Crippen LogP contribution in [0.15, 0.2) is 36.5 Å². The number of nitriles is 1. The normalized spacial score (nSPS) is 10.5. The molecule has 0 aliphatic carbocycles. The van der Waals surface area contributed by atoms with Crippen molar-refractivity contribution in [1.82, 2.24) is 4.98 Å². The van der Waals surface area contributed by atoms with Crippen LogP contribution < -0.4 is 14.8 Å². The maximum atomic E-state index is 13.4. The maximum absolute atomic E-state index is 13.4. The number of rotatable bonds is 6. The van der Waals surface area contributed by atoms with Gasteiger partial charge in [-0.1, -0.05) is 11.6 Å². The van der Waals surface area contributed by atoms with Gasteiger partial charge in [0.15, 0.2) is 11.5 Å². The predicted molar refractivity (Wildman–Crippen MR) is 103 cm³/mol. The van der Waals surface area contributed by atoms with Crippen LogP contribution in [0.25, 0.3) is 10.9 Å². The van der Waals surface area contributed by atoms with E-state index in [0.717, 1.165) is 0 Å². The van der Waals surface area contributed by atoms with Crippen molar-refractivity contribution in [3.8, 4) is 17.6 Å². The average molecular weight is 386 g/mol. The van der Waals surface area contributed by atoms with E-state index < -0.39 is 5.82 Å². The molecule has 0 saturated carbocycles. The predicted octanol–water partition coefficient (Wildman–Crippen LogP) is 5.44. The smallest absolute Gasteiger partial charge is 0.163 e. The lowest BCUT2D eigenvalue weighted by Gasteiger charge is -2.15. The third-order valence-corrected chi connectivity index (χ3v) is 4.13. The lowest BCUT2D eigenvalue weighted by molar-refractivity contribution is 0.288. The van der Waals surface area contributed by atoms with E-state index in [2.05, 4.69) is 16.4 Å². The standard InChI is InChI=1S/C20H17ClFN3O2/c1-3-26-18-8-14-17(9-19(18)27-4-2)24-11-12(10-23)20(14)25-13-5-6-16(22)15(21)7-13/h5-9,11H,3-4H2,1-2H3,(H,24,25). The highest BCUT2D eigenvalue weighted by atomic mass is 35.5. The van der Waals surface area contributed by atoms with E-state index in [1.165, 1.54) is 18.3 Å². The van der Waals surface area contributed by atoms with Gasteiger partial charge >= 0.3 is 0 Å². The fraction of sp³-hybridized carbons (Fsp3) is 0.200. The summed E-state index contributed by atoms with van der Waals surface area (Å²) in [5, 5.41) is 13.3. The van der Waals surface area contributed by atoms with Gasteiger partial charge < -0.3 is 14.8 Å². The molecule has 0 saturated heterocycles. The summed E-state index contributed by atoms with van der Waals surface area (Å²) in [5.74, 6) is 0.631. The summed E-state index contributed by atoms with van der Waals surface area (Å²) in [7, 11) is 0. The summed E-state index contributed by atoms with van der Waals surface area (Å²) in [6.45, 7) is 4.72. The van der Waals surface area contributed by atoms with E-state index in [-0.39, 0.29) is 5.02 Å². The van der Waals surface area contributed by atoms with E-state index in [4.69, 9.17) is 21.1 Å². The van der Waals surface area contributed by atoms with Crippen LogP contribution in [-0.2, 0) is 0 Å². The van der Waals surface area contributed by atoms with Crippen LogP contribution in [0, 0.1) is 17.1 Å². The zero-order chi connectivity index (χ0) is 19.4. The Kier molecular flexibility index (Phi) is 5.63. The number of fused-ring (bicyclic) bond motifs is 1. The van der Waals surface area contributed by atoms with Crippen molar-refractivity contribution in [3.05, 3.63) is 52.9 Å². The average Bonchev–Trinajstić information content (AvgIpc) is 2.66. The van der Waals surface area contributed by atoms with Gasteiger partial charge in [0.25, 0.3) is 0 Å². The highest BCUT2D eigenvalue weighted by molar-refractivity contribution is 6.31. The molecule has 0 spiro atoms. The number of nitrogens with one attached hydrogen (secondary N) is 1. The Bertz CT molecular complexity index is 1030. The second-order valence-electron chi connectivity index (χ2n) is 5.59. The Hall–Kier alpha value is -3.04. The van der Waals surface area contributed by atoms with Gasteiger partial charge in [0.1, 0.15) is 11.9 Å². The van der Waals surface area contributed by atoms with Crippen molar-refractivity contribution >= 4 is 33.9 Å². The lowest BCUT2D eigenvalue weighted by atomic mass is 10.1. The van der Waals surface area contributed by atoms with E-state index in [0.29, 0.717) is 52.6 Å². The molecule has 7 heteroatoms. The van der Waals surface area contributed by atoms with Gasteiger partial charge in [0, 0.05) is 23.3 Å². The van der Waals surface area contributed by atoms with Crippen molar-refractivity contribution in [1.29, 1.82) is 5.26 Å². The minimum Gasteiger partial charge on any atom is -0.490 e. The lowest BCUT2D eigenvalue weighted by Crippen LogP contribution is -2.01. The minimum atomic E-state index is -0.512. The number of hydrogen-bond donors (Lipinski definition) is 1. The van der Waals surface area contributed by atoms with Crippen LogP contribution in [0.1, 0.15) is 19.4 Å². The number of hydrogen-bond acceptors (Lipinski definition) is 5. The molecule has 0 atom stereocenters. The first kappa shape index (κ1) is 18.7. The fourth-order valence-electron chi connectivity index (χ4n) is 2.67. The summed E-state index contributed by atoms with van der Waals surface area (Å²) >= 11 is 5.87. The molecule has 1 N–H and O–H groups in total. The second kappa shape index (κ2) is 8.11. The fourth-order valence-corrected chi connectivity index (χ4v) is 2.85. The molecule has 0 aliphatic rings. The first-order valence-corrected chi connectivity index (χ1v) is 8.79. The Morgan fingerprint density at radius 1 is 1.15 bits per heavy atom. The Morgan fingerprint density at radius 3 is 2.48 bits per heavy atom. The van der Waals surface area contributed by atoms with Crippen molar-refractivity contribution < 1.29 is 13.9 Å². The van der Waals surface area contributed by atoms with Crippen molar-refractivity contribution in [2.75, 3.05) is 18.5 Å². The van der Waals surface area contributed by atoms with Gasteiger partial charge in [-0.15, -0.1) is 0 Å². The molecule has 2 aromatic carbocycles. The van der Waals surface area contributed by atoms with Crippen LogP contribution >= 0.6 is 11.6 Å². The first-order valence-electron chi connectivity index (χ1n) is 8.41. The molecule has 0 unspecified atom stereocenters. The van der Waals surface area contributed by atoms with Crippen molar-refractivity contribution in [3.63, 3.8) is 0 Å². The third kappa shape index (κ3) is 3.88. The third-order valence-electron chi connectivity index (χ3n) is 3.84. The summed E-state index contributed by atoms with van der Waals surface area (Å²) in [4.78, 5) is 4.35. The SMILES string of the molecule is CCOc1cc2ncc(C#N)c(Nc3ccc(F)c(Cl)c3)c2cc1OCC. The van der Waals surface area contributed by atoms with Gasteiger partial charge in [-0.25, -0.2) is 4.39 Å². The number of pyridine rings is 1. The van der Waals surface area contributed by atoms with Crippen LogP contribution in [-0.4, -0.2) is 18.2 Å². The van der Waals surface area contributed by atoms with E-state index >= 15 is 0 Å². The van der Waals surface area contributed by atoms with Gasteiger partial charge in [-0.05, 0) is 38.1 Å². The molecule has 1 aromatic heterocycles. The minimum absolute atomic E-state index is 0.00879. The Labute approximate surface area is 161 Å². The monoisotopic (exact) mass is 385 g/mol. The van der Waals surface area contributed by atoms with Gasteiger partial charge in [0.2, 0.25) is 0 Å². The molecule has 0 amide bonds. The zero-order valence-electron chi connectivity index (χ0n) is 14.8. The molecule has 0 aliphatic heterocycles. The molecule has 138 valence electrons. The zero-order valence-corrected chi connectivity index (χ0v) is 15.6. The van der Waals surface area contributed by atoms with Crippen LogP contribution in [0.4, 0.5) is 15.8 Å². The number of aromatic nitrogens is 1. The Balaban J connectivity index is 2.17. The first-order chi connectivity index (χ1) is 13.1. The molecule has 0 bridgehead atoms. The van der Waals surface area contributed by atoms with Crippen LogP contribution in [0.3, 0.4) is 0 Å². The van der Waals surface area contributed by atoms with Gasteiger partial charge in [-0.2, -0.15) is 5.26 Å². The number of anilines is 2. The van der Waals surface area contributed by atoms with E-state index in [1.807, 2.05) is 13.8 Å². The van der Waals surface area contributed by atoms with Crippen LogP contribution in [0.2, 0.25) is 5.02 Å². The van der Waals surface area contributed by atoms with Crippen molar-refractivity contribution in [2.45, 2.75) is 13.8 Å². The topological polar surface area (TPSA) is 67.2 Å². The summed E-state index contributed by atoms with van der Waals surface area (Å²) in [6.07, 6.45) is 1.48. The van der Waals surface area contributed by atoms with E-state index in [9.17, 15) is 9.65 Å². The quantitative estimate of drug-likeness (QED) is 0.612. The highest BCUT2D eigenvalue weighted by Gasteiger charge is 2.15. The number of nitrogens with zero attached hydrogens (tertiary/aromatic N) is 2. The molecular formula is C20H17ClFN3O2. The Morgan fingerprint density at radius 2 is 1.85 bits per heavy atom. The van der Waals surface area contributed by atoms with Gasteiger partial charge in [0.05, 0.1) is 35.0 Å². The number of halogens is 2. The molecule has 0 radical (unpaired) electrons. The summed E-state index contributed by atoms with van der Waals surface area (Å²) in [6, 6.07) is 9.95. The van der Waals surface area contributed by atoms with Gasteiger partial charge in [-0.3, -0.25) is 4.98 Å². The number of ether oxygens (including phenoxy) is 2. The largest absolute Gasteiger partial charge is 0.490 e. The second-order valence-corrected chi connectivity index (χ2v) is 6.00. The van der Waals surface area contributed by atoms with Crippen molar-refractivity contribution in [2.24, 2.45) is 0 Å². The van der Waals surface area contributed by atoms with Crippen LogP contribution in [0.5, 0.6) is 11.5 Å². The molecule has 3 rings (SSSR count). The van der Waals surface area contributed by atoms with E-state index in [1.54, 1.807) is 18.2 Å². The maximum Gasteiger partial charge on any atom is 0.163 e. The molecule has 1 heterocycles. The highest BCUT2D eigenvalue weighted by Crippen LogP contribution is 2.37. The summed E-state index contributed by atoms with van der Waals surface area (Å²) < 4.78 is 24.7. The molecule has 3 aromatic rings. The molecule has 27 heavy (non-hydrogen) atoms. The molecule has 0 fully saturated rings. The molecule has 5 nitrogen and oxygen atoms in total. The number of benzene rings is 2.